The number of aromatic amines is 2. The molecule has 2 amide bonds. The predicted molar refractivity (Wildman–Crippen MR) is 341 cm³/mol. The fourth-order valence-corrected chi connectivity index (χ4v) is 14.2. The normalized spacial score (nSPS) is 21.0. The molecule has 0 bridgehead atoms. The molecule has 6 aliphatic rings. The van der Waals surface area contributed by atoms with Crippen molar-refractivity contribution in [2.45, 2.75) is 86.6 Å². The Labute approximate surface area is 517 Å². The first-order valence-electron chi connectivity index (χ1n) is 29.7. The van der Waals surface area contributed by atoms with E-state index in [2.05, 4.69) is 89.0 Å². The van der Waals surface area contributed by atoms with E-state index in [9.17, 15) is 25.2 Å². The zero-order valence-electron chi connectivity index (χ0n) is 47.4. The van der Waals surface area contributed by atoms with E-state index >= 15 is 0 Å². The summed E-state index contributed by atoms with van der Waals surface area (Å²) in [5, 5.41) is 55.9. The molecule has 84 heavy (non-hydrogen) atoms. The molecule has 8 heterocycles. The molecule has 0 aliphatic carbocycles. The Hall–Kier alpha value is -4.64. The number of urea groups is 1. The van der Waals surface area contributed by atoms with E-state index in [1.807, 2.05) is 4.90 Å². The Morgan fingerprint density at radius 1 is 0.560 bits per heavy atom. The summed E-state index contributed by atoms with van der Waals surface area (Å²) in [6.45, 7) is 13.0. The van der Waals surface area contributed by atoms with E-state index in [0.29, 0.717) is 108 Å². The van der Waals surface area contributed by atoms with Gasteiger partial charge in [-0.25, -0.2) is 4.79 Å². The molecule has 8 N–H and O–H groups in total. The molecular formula is C62H78Cl4N10O7S. The molecule has 2 aromatic heterocycles. The lowest BCUT2D eigenvalue weighted by Crippen LogP contribution is -2.56. The largest absolute Gasteiger partial charge is 0.389 e. The molecule has 0 spiro atoms. The third kappa shape index (κ3) is 14.5. The van der Waals surface area contributed by atoms with Gasteiger partial charge < -0.3 is 79.9 Å². The van der Waals surface area contributed by atoms with Gasteiger partial charge in [-0.05, 0) is 186 Å². The summed E-state index contributed by atoms with van der Waals surface area (Å²) in [5.41, 5.74) is 6.55. The van der Waals surface area contributed by atoms with Gasteiger partial charge in [-0.15, -0.1) is 0 Å². The summed E-state index contributed by atoms with van der Waals surface area (Å²) in [4.78, 5) is 32.7. The van der Waals surface area contributed by atoms with Crippen LogP contribution in [0, 0.1) is 0 Å². The van der Waals surface area contributed by atoms with Gasteiger partial charge in [-0.3, -0.25) is 0 Å². The molecule has 17 nitrogen and oxygen atoms in total. The molecule has 22 heteroatoms. The number of carbonyl (C=O) groups is 1. The van der Waals surface area contributed by atoms with Crippen LogP contribution in [0.4, 0.5) is 27.5 Å². The van der Waals surface area contributed by atoms with Crippen molar-refractivity contribution < 1.29 is 34.7 Å². The molecule has 0 saturated carbocycles. The minimum Gasteiger partial charge on any atom is -0.389 e. The van der Waals surface area contributed by atoms with Gasteiger partial charge in [0.15, 0.2) is 5.11 Å². The smallest absolute Gasteiger partial charge is 0.321 e. The Balaban J connectivity index is 0.000000175. The highest BCUT2D eigenvalue weighted by Gasteiger charge is 2.43. The van der Waals surface area contributed by atoms with Crippen LogP contribution in [0.25, 0.3) is 21.8 Å². The minimum absolute atomic E-state index is 0.263. The number of piperidine rings is 4. The zero-order chi connectivity index (χ0) is 58.5. The maximum absolute atomic E-state index is 12.7. The van der Waals surface area contributed by atoms with Crippen molar-refractivity contribution in [3.63, 3.8) is 0 Å². The number of nitrogens with zero attached hydrogens (tertiary/aromatic N) is 6. The highest BCUT2D eigenvalue weighted by molar-refractivity contribution is 7.80. The number of halogens is 4. The Kier molecular flexibility index (Phi) is 19.7. The Morgan fingerprint density at radius 2 is 1.01 bits per heavy atom. The lowest BCUT2D eigenvalue weighted by atomic mass is 9.84. The number of likely N-dealkylation sites (tertiary alicyclic amines) is 4. The molecule has 6 fully saturated rings. The molecule has 6 saturated heterocycles. The summed E-state index contributed by atoms with van der Waals surface area (Å²) in [5.74, 6) is 0.925. The number of aliphatic hydroxyl groups excluding tert-OH is 2. The van der Waals surface area contributed by atoms with Crippen molar-refractivity contribution in [2.75, 3.05) is 138 Å². The standard InChI is InChI=1S/C31H39Cl2N5O4.C31H39Cl2N5O3S/c32-26-3-1-22(17-27(26)33)35-30(40)38-11-7-31(41,8-12-38)29(39)20-36-9-5-21(6-10-36)25-19-34-28-4-2-23(18-24(25)28)37-13-15-42-16-14-37;32-22-15-23(33)17-24(16-22)35-30(42)38-9-5-31(40,6-10-38)29(39)20-36-7-3-21(4-8-36)27-19-34-28-2-1-25(18-26(27)28)37-11-13-41-14-12-37/h1-4,17-19,21,29,34,39,41H,5-16,20H2,(H,35,40);1-2,15-19,21,29,34,39-40H,3-14,20H2,(H,35,42). The molecule has 2 unspecified atom stereocenters. The topological polar surface area (TPSA) is 192 Å². The van der Waals surface area contributed by atoms with Crippen LogP contribution in [-0.4, -0.2) is 203 Å². The van der Waals surface area contributed by atoms with Crippen molar-refractivity contribution in [2.24, 2.45) is 0 Å². The molecule has 2 atom stereocenters. The van der Waals surface area contributed by atoms with Gasteiger partial charge in [-0.1, -0.05) is 46.4 Å². The van der Waals surface area contributed by atoms with Crippen molar-refractivity contribution in [3.05, 3.63) is 116 Å². The third-order valence-electron chi connectivity index (χ3n) is 18.4. The first-order valence-corrected chi connectivity index (χ1v) is 31.6. The fraction of sp³-hybridized carbons (Fsp3) is 0.516. The number of fused-ring (bicyclic) bond motifs is 2. The molecule has 6 aliphatic heterocycles. The number of nitrogens with one attached hydrogen (secondary N) is 4. The SMILES string of the molecule is O=C(Nc1ccc(Cl)c(Cl)c1)N1CCC(O)(C(O)CN2CCC(c3c[nH]c4ccc(N5CCOCC5)cc34)CC2)CC1.OC(CN1CCC(c2c[nH]c3ccc(N4CCOCC4)cc23)CC1)C1(O)CCN(C(=S)Nc2cc(Cl)cc(Cl)c2)CC1. The molecule has 0 radical (unpaired) electrons. The highest BCUT2D eigenvalue weighted by atomic mass is 35.5. The average Bonchev–Trinajstić information content (AvgIpc) is 4.33. The number of H-pyrrole nitrogens is 2. The number of hydrogen-bond acceptors (Lipinski definition) is 12. The predicted octanol–water partition coefficient (Wildman–Crippen LogP) is 9.99. The fourth-order valence-electron chi connectivity index (χ4n) is 13.1. The first-order chi connectivity index (χ1) is 40.6. The zero-order valence-corrected chi connectivity index (χ0v) is 51.2. The van der Waals surface area contributed by atoms with Gasteiger partial charge in [0.2, 0.25) is 0 Å². The number of rotatable bonds is 12. The van der Waals surface area contributed by atoms with Crippen molar-refractivity contribution >= 4 is 114 Å². The van der Waals surface area contributed by atoms with Crippen molar-refractivity contribution in [1.29, 1.82) is 0 Å². The number of aromatic nitrogens is 2. The van der Waals surface area contributed by atoms with E-state index in [-0.39, 0.29) is 6.03 Å². The number of hydrogen-bond donors (Lipinski definition) is 8. The molecule has 4 aromatic carbocycles. The van der Waals surface area contributed by atoms with Crippen LogP contribution >= 0.6 is 58.6 Å². The number of benzene rings is 4. The van der Waals surface area contributed by atoms with Crippen LogP contribution in [0.15, 0.2) is 85.2 Å². The van der Waals surface area contributed by atoms with Gasteiger partial charge in [0, 0.05) is 132 Å². The van der Waals surface area contributed by atoms with Crippen LogP contribution < -0.4 is 20.4 Å². The summed E-state index contributed by atoms with van der Waals surface area (Å²) >= 11 is 29.8. The summed E-state index contributed by atoms with van der Waals surface area (Å²) in [7, 11) is 0. The van der Waals surface area contributed by atoms with Crippen LogP contribution in [0.5, 0.6) is 0 Å². The van der Waals surface area contributed by atoms with E-state index in [0.717, 1.165) is 110 Å². The van der Waals surface area contributed by atoms with Crippen LogP contribution in [0.3, 0.4) is 0 Å². The number of thiocarbonyl (C=S) groups is 1. The summed E-state index contributed by atoms with van der Waals surface area (Å²) in [6.07, 6.45) is 8.25. The molecular weight excluding hydrogens is 1170 g/mol. The monoisotopic (exact) mass is 1250 g/mol. The van der Waals surface area contributed by atoms with E-state index in [1.54, 1.807) is 41.3 Å². The first kappa shape index (κ1) is 61.0. The number of aliphatic hydroxyl groups is 4. The number of β-amino-alcohol motifs (C(OH)–C–C–N with tert-alkyl or cyclic N) is 2. The molecule has 6 aromatic rings. The number of carbonyl (C=O) groups excluding carboxylic acids is 1. The second-order valence-electron chi connectivity index (χ2n) is 23.7. The number of amides is 2. The second-order valence-corrected chi connectivity index (χ2v) is 25.7. The van der Waals surface area contributed by atoms with E-state index in [1.165, 1.54) is 44.3 Å². The maximum atomic E-state index is 12.7. The van der Waals surface area contributed by atoms with E-state index in [4.69, 9.17) is 68.1 Å². The number of anilines is 4. The summed E-state index contributed by atoms with van der Waals surface area (Å²) in [6, 6.07) is 23.3. The maximum Gasteiger partial charge on any atom is 0.321 e. The van der Waals surface area contributed by atoms with Gasteiger partial charge in [0.1, 0.15) is 0 Å². The number of morpholine rings is 2. The van der Waals surface area contributed by atoms with E-state index < -0.39 is 23.4 Å². The third-order valence-corrected chi connectivity index (χ3v) is 20.0. The number of ether oxygens (including phenoxy) is 2. The highest BCUT2D eigenvalue weighted by Crippen LogP contribution is 2.39. The van der Waals surface area contributed by atoms with Gasteiger partial charge in [-0.2, -0.15) is 0 Å². The Morgan fingerprint density at radius 3 is 1.46 bits per heavy atom. The average molecular weight is 1250 g/mol. The van der Waals surface area contributed by atoms with Gasteiger partial charge in [0.25, 0.3) is 0 Å². The lowest BCUT2D eigenvalue weighted by molar-refractivity contribution is -0.113. The van der Waals surface area contributed by atoms with Crippen LogP contribution in [-0.2, 0) is 9.47 Å². The van der Waals surface area contributed by atoms with Gasteiger partial charge in [0.05, 0.1) is 59.9 Å². The van der Waals surface area contributed by atoms with Gasteiger partial charge >= 0.3 is 6.03 Å². The van der Waals surface area contributed by atoms with Crippen molar-refractivity contribution in [3.8, 4) is 0 Å². The Bertz CT molecular complexity index is 3200. The second kappa shape index (κ2) is 27.2. The van der Waals surface area contributed by atoms with Crippen LogP contribution in [0.1, 0.15) is 74.3 Å². The lowest BCUT2D eigenvalue weighted by Gasteiger charge is -2.43. The quantitative estimate of drug-likeness (QED) is 0.0540. The molecule has 452 valence electrons. The summed E-state index contributed by atoms with van der Waals surface area (Å²) < 4.78 is 11.1. The molecule has 12 rings (SSSR count). The minimum atomic E-state index is -1.22. The van der Waals surface area contributed by atoms with Crippen LogP contribution in [0.2, 0.25) is 20.1 Å². The van der Waals surface area contributed by atoms with Crippen molar-refractivity contribution in [1.82, 2.24) is 29.6 Å².